The van der Waals surface area contributed by atoms with Crippen LogP contribution in [0.4, 0.5) is 29.3 Å². The quantitative estimate of drug-likeness (QED) is 0.0841. The number of para-hydroxylation sites is 1. The number of anilines is 2. The van der Waals surface area contributed by atoms with E-state index in [1.165, 1.54) is 15.9 Å². The number of piperazine rings is 1. The second-order valence-corrected chi connectivity index (χ2v) is 15.0. The number of aromatic nitrogens is 1. The van der Waals surface area contributed by atoms with Crippen LogP contribution in [0, 0.1) is 0 Å². The van der Waals surface area contributed by atoms with Crippen LogP contribution < -0.4 is 16.2 Å². The van der Waals surface area contributed by atoms with Crippen LogP contribution in [0.15, 0.2) is 71.5 Å². The second kappa shape index (κ2) is 18.4. The Balaban J connectivity index is 1.11. The number of carbonyl (C=O) groups is 3. The number of halogens is 4. The summed E-state index contributed by atoms with van der Waals surface area (Å²) in [6.45, 7) is 4.31. The monoisotopic (exact) mass is 809 g/mol. The minimum atomic E-state index is -4.81. The number of hydrogen-bond acceptors (Lipinski definition) is 8. The van der Waals surface area contributed by atoms with Crippen molar-refractivity contribution in [2.75, 3.05) is 56.5 Å². The molecule has 2 aliphatic rings. The van der Waals surface area contributed by atoms with E-state index in [1.54, 1.807) is 12.1 Å². The third-order valence-corrected chi connectivity index (χ3v) is 11.0. The van der Waals surface area contributed by atoms with Gasteiger partial charge < -0.3 is 34.9 Å². The zero-order chi connectivity index (χ0) is 40.7. The molecule has 0 radical (unpaired) electrons. The van der Waals surface area contributed by atoms with Gasteiger partial charge in [-0.2, -0.15) is 13.2 Å². The molecule has 1 atom stereocenters. The molecule has 2 amide bonds. The smallest absolute Gasteiger partial charge is 0.418 e. The van der Waals surface area contributed by atoms with Crippen molar-refractivity contribution in [3.8, 4) is 0 Å². The number of nitrogens with one attached hydrogen (secondary N) is 1. The Hall–Kier alpha value is -5.24. The van der Waals surface area contributed by atoms with E-state index in [1.807, 2.05) is 47.4 Å². The molecule has 0 unspecified atom stereocenters. The molecule has 0 bridgehead atoms. The Morgan fingerprint density at radius 1 is 0.912 bits per heavy atom. The molecule has 0 spiro atoms. The molecule has 3 N–H and O–H groups in total. The summed E-state index contributed by atoms with van der Waals surface area (Å²) >= 11 is 6.12. The lowest BCUT2D eigenvalue weighted by Crippen LogP contribution is -2.53. The van der Waals surface area contributed by atoms with E-state index in [9.17, 15) is 32.3 Å². The van der Waals surface area contributed by atoms with Crippen molar-refractivity contribution < 1.29 is 37.0 Å². The van der Waals surface area contributed by atoms with Gasteiger partial charge in [-0.25, -0.2) is 9.59 Å². The molecule has 2 aliphatic heterocycles. The van der Waals surface area contributed by atoms with Gasteiger partial charge in [-0.15, -0.1) is 0 Å². The van der Waals surface area contributed by atoms with E-state index in [0.717, 1.165) is 48.3 Å². The maximum Gasteiger partial charge on any atom is 0.418 e. The van der Waals surface area contributed by atoms with Crippen molar-refractivity contribution in [3.05, 3.63) is 104 Å². The van der Waals surface area contributed by atoms with Gasteiger partial charge in [0.2, 0.25) is 0 Å². The number of amides is 2. The highest BCUT2D eigenvalue weighted by molar-refractivity contribution is 6.33. The summed E-state index contributed by atoms with van der Waals surface area (Å²) in [5.74, 6) is -1.05. The number of carbonyl (C=O) groups excluding carboxylic acids is 3. The van der Waals surface area contributed by atoms with Gasteiger partial charge in [0.25, 0.3) is 11.5 Å². The molecule has 57 heavy (non-hydrogen) atoms. The standard InChI is InChI=1S/C42H47ClF3N5O6/c1-2-3-4-7-22-56-40(54)29-10-12-31(13-11-29)49-18-20-50(21-19-49)39(53)36(25-27-23-33(42(44,45)46)37(47)34(43)24-27)57-41(55)51-16-14-28(15-17-51)32-26-30-8-5-6-9-35(30)48-38(32)52/h5-6,8-13,23-24,26,28,36H,2-4,7,14-22,25,47H2,1H3,(H,48,52)/t36-/m1/s1. The number of esters is 1. The summed E-state index contributed by atoms with van der Waals surface area (Å²) < 4.78 is 52.8. The molecular weight excluding hydrogens is 763 g/mol. The van der Waals surface area contributed by atoms with Crippen LogP contribution in [0.3, 0.4) is 0 Å². The third kappa shape index (κ3) is 10.2. The van der Waals surface area contributed by atoms with Crippen LogP contribution in [0.2, 0.25) is 5.02 Å². The lowest BCUT2D eigenvalue weighted by atomic mass is 9.89. The van der Waals surface area contributed by atoms with Crippen LogP contribution in [0.25, 0.3) is 10.9 Å². The van der Waals surface area contributed by atoms with Gasteiger partial charge >= 0.3 is 18.2 Å². The highest BCUT2D eigenvalue weighted by Gasteiger charge is 2.37. The van der Waals surface area contributed by atoms with Crippen molar-refractivity contribution in [2.24, 2.45) is 0 Å². The number of fused-ring (bicyclic) bond motifs is 1. The lowest BCUT2D eigenvalue weighted by molar-refractivity contribution is -0.141. The number of nitrogens with zero attached hydrogens (tertiary/aromatic N) is 3. The Bertz CT molecular complexity index is 2110. The molecule has 304 valence electrons. The SMILES string of the molecule is CCCCCCOC(=O)c1ccc(N2CCN(C(=O)[C@@H](Cc3cc(Cl)c(N)c(C(F)(F)F)c3)OC(=O)N3CCC(c4cc5ccccc5[nH]c4=O)CC3)CC2)cc1. The van der Waals surface area contributed by atoms with Gasteiger partial charge in [-0.3, -0.25) is 9.59 Å². The van der Waals surface area contributed by atoms with Crippen molar-refractivity contribution >= 4 is 51.8 Å². The number of likely N-dealkylation sites (tertiary alicyclic amines) is 1. The molecule has 6 rings (SSSR count). The van der Waals surface area contributed by atoms with Crippen LogP contribution >= 0.6 is 11.6 Å². The first-order valence-corrected chi connectivity index (χ1v) is 19.7. The number of ether oxygens (including phenoxy) is 2. The molecule has 1 aromatic heterocycles. The van der Waals surface area contributed by atoms with Gasteiger partial charge in [0.05, 0.1) is 28.4 Å². The number of nitrogen functional groups attached to an aromatic ring is 1. The molecule has 2 fully saturated rings. The predicted octanol–water partition coefficient (Wildman–Crippen LogP) is 7.80. The molecule has 0 saturated carbocycles. The van der Waals surface area contributed by atoms with Crippen molar-refractivity contribution in [1.29, 1.82) is 0 Å². The average Bonchev–Trinajstić information content (AvgIpc) is 3.21. The van der Waals surface area contributed by atoms with Crippen molar-refractivity contribution in [3.63, 3.8) is 0 Å². The number of H-pyrrole nitrogens is 1. The normalized spacial score (nSPS) is 15.8. The van der Waals surface area contributed by atoms with Crippen molar-refractivity contribution in [1.82, 2.24) is 14.8 Å². The highest BCUT2D eigenvalue weighted by atomic mass is 35.5. The second-order valence-electron chi connectivity index (χ2n) is 14.6. The first kappa shape index (κ1) is 41.4. The molecule has 4 aromatic rings. The molecule has 3 aromatic carbocycles. The molecule has 15 heteroatoms. The number of piperidine rings is 1. The highest BCUT2D eigenvalue weighted by Crippen LogP contribution is 2.38. The van der Waals surface area contributed by atoms with Gasteiger partial charge in [0, 0.05) is 62.5 Å². The van der Waals surface area contributed by atoms with Crippen LogP contribution in [0.5, 0.6) is 0 Å². The van der Waals surface area contributed by atoms with E-state index >= 15 is 0 Å². The number of aromatic amines is 1. The van der Waals surface area contributed by atoms with Crippen LogP contribution in [-0.4, -0.2) is 84.7 Å². The molecule has 11 nitrogen and oxygen atoms in total. The molecule has 0 aliphatic carbocycles. The summed E-state index contributed by atoms with van der Waals surface area (Å²) in [5.41, 5.74) is 6.36. The van der Waals surface area contributed by atoms with E-state index in [4.69, 9.17) is 26.8 Å². The summed E-state index contributed by atoms with van der Waals surface area (Å²) in [6.07, 6.45) is -2.46. The van der Waals surface area contributed by atoms with Crippen LogP contribution in [0.1, 0.15) is 78.4 Å². The van der Waals surface area contributed by atoms with E-state index in [0.29, 0.717) is 43.7 Å². The largest absolute Gasteiger partial charge is 0.462 e. The van der Waals surface area contributed by atoms with Crippen LogP contribution in [-0.2, 0) is 26.9 Å². The number of benzene rings is 3. The fourth-order valence-corrected chi connectivity index (χ4v) is 7.67. The minimum absolute atomic E-state index is 0.0279. The molecule has 2 saturated heterocycles. The maximum absolute atomic E-state index is 14.1. The van der Waals surface area contributed by atoms with Gasteiger partial charge in [-0.05, 0) is 84.7 Å². The summed E-state index contributed by atoms with van der Waals surface area (Å²) in [7, 11) is 0. The first-order chi connectivity index (χ1) is 27.3. The van der Waals surface area contributed by atoms with Crippen molar-refractivity contribution in [2.45, 2.75) is 70.1 Å². The molecule has 3 heterocycles. The van der Waals surface area contributed by atoms with Gasteiger partial charge in [-0.1, -0.05) is 56.0 Å². The summed E-state index contributed by atoms with van der Waals surface area (Å²) in [4.78, 5) is 61.1. The Morgan fingerprint density at radius 3 is 2.30 bits per heavy atom. The van der Waals surface area contributed by atoms with E-state index in [2.05, 4.69) is 11.9 Å². The topological polar surface area (TPSA) is 138 Å². The third-order valence-electron chi connectivity index (χ3n) is 10.7. The fourth-order valence-electron chi connectivity index (χ4n) is 7.43. The van der Waals surface area contributed by atoms with E-state index in [-0.39, 0.29) is 60.6 Å². The fraction of sp³-hybridized carbons (Fsp3) is 0.429. The Labute approximate surface area is 333 Å². The molecular formula is C42H47ClF3N5O6. The number of pyridine rings is 1. The zero-order valence-corrected chi connectivity index (χ0v) is 32.5. The number of unbranched alkanes of at least 4 members (excludes halogenated alkanes) is 3. The summed E-state index contributed by atoms with van der Waals surface area (Å²) in [6, 6.07) is 18.5. The predicted molar refractivity (Wildman–Crippen MR) is 213 cm³/mol. The first-order valence-electron chi connectivity index (χ1n) is 19.4. The number of alkyl halides is 3. The Morgan fingerprint density at radius 2 is 1.61 bits per heavy atom. The lowest BCUT2D eigenvalue weighted by Gasteiger charge is -2.38. The zero-order valence-electron chi connectivity index (χ0n) is 31.8. The number of nitrogens with two attached hydrogens (primary N) is 1. The summed E-state index contributed by atoms with van der Waals surface area (Å²) in [5, 5.41) is 0.568. The van der Waals surface area contributed by atoms with E-state index < -0.39 is 35.5 Å². The Kier molecular flexibility index (Phi) is 13.3. The van der Waals surface area contributed by atoms with Gasteiger partial charge in [0.1, 0.15) is 0 Å². The minimum Gasteiger partial charge on any atom is -0.462 e. The number of rotatable bonds is 12. The average molecular weight is 810 g/mol. The number of hydrogen-bond donors (Lipinski definition) is 2. The maximum atomic E-state index is 14.1. The van der Waals surface area contributed by atoms with Gasteiger partial charge in [0.15, 0.2) is 6.10 Å².